The van der Waals surface area contributed by atoms with E-state index in [1.807, 2.05) is 13.0 Å². The summed E-state index contributed by atoms with van der Waals surface area (Å²) < 4.78 is 0. The fourth-order valence-corrected chi connectivity index (χ4v) is 5.63. The first-order valence-corrected chi connectivity index (χ1v) is 13.6. The molecule has 1 aliphatic heterocycles. The Morgan fingerprint density at radius 3 is 2.42 bits per heavy atom. The molecule has 1 aliphatic carbocycles. The summed E-state index contributed by atoms with van der Waals surface area (Å²) in [4.78, 5) is 65.8. The van der Waals surface area contributed by atoms with Crippen LogP contribution in [0, 0.1) is 23.0 Å². The molecule has 0 bridgehead atoms. The second-order valence-corrected chi connectivity index (χ2v) is 10.5. The Bertz CT molecular complexity index is 1290. The van der Waals surface area contributed by atoms with Gasteiger partial charge in [0, 0.05) is 37.2 Å². The molecule has 11 heteroatoms. The first-order valence-electron chi connectivity index (χ1n) is 13.6. The first-order chi connectivity index (χ1) is 19.1. The SMILES string of the molecule is Cc1cccc(C(=O)N2CCN(C(=O)CCC3CCCC3)C2C(=O)NC(CC(=O)O)c2cccc([N+](=O)[O-])c2)c1. The van der Waals surface area contributed by atoms with Gasteiger partial charge in [-0.15, -0.1) is 0 Å². The van der Waals surface area contributed by atoms with Gasteiger partial charge in [0.15, 0.2) is 6.17 Å². The van der Waals surface area contributed by atoms with Crippen LogP contribution in [0.15, 0.2) is 48.5 Å². The molecular weight excluding hydrogens is 516 g/mol. The zero-order chi connectivity index (χ0) is 28.8. The first kappa shape index (κ1) is 28.7. The fourth-order valence-electron chi connectivity index (χ4n) is 5.63. The number of nitrogens with one attached hydrogen (secondary N) is 1. The lowest BCUT2D eigenvalue weighted by molar-refractivity contribution is -0.384. The highest BCUT2D eigenvalue weighted by Crippen LogP contribution is 2.30. The topological polar surface area (TPSA) is 150 Å². The number of nitro benzene ring substituents is 1. The Kier molecular flexibility index (Phi) is 9.13. The molecule has 0 aromatic heterocycles. The molecule has 2 N–H and O–H groups in total. The highest BCUT2D eigenvalue weighted by Gasteiger charge is 2.43. The van der Waals surface area contributed by atoms with Crippen LogP contribution < -0.4 is 5.32 Å². The number of nitrogens with zero attached hydrogens (tertiary/aromatic N) is 3. The van der Waals surface area contributed by atoms with Crippen molar-refractivity contribution in [3.8, 4) is 0 Å². The van der Waals surface area contributed by atoms with Gasteiger partial charge >= 0.3 is 5.97 Å². The monoisotopic (exact) mass is 550 g/mol. The molecule has 2 aromatic carbocycles. The maximum absolute atomic E-state index is 13.8. The molecule has 2 atom stereocenters. The van der Waals surface area contributed by atoms with Crippen molar-refractivity contribution in [2.24, 2.45) is 5.92 Å². The highest BCUT2D eigenvalue weighted by molar-refractivity contribution is 5.99. The molecule has 40 heavy (non-hydrogen) atoms. The molecule has 4 rings (SSSR count). The number of nitro groups is 1. The van der Waals surface area contributed by atoms with Gasteiger partial charge in [0.25, 0.3) is 17.5 Å². The van der Waals surface area contributed by atoms with Crippen LogP contribution in [0.2, 0.25) is 0 Å². The average molecular weight is 551 g/mol. The van der Waals surface area contributed by atoms with Crippen LogP contribution in [-0.2, 0) is 14.4 Å². The van der Waals surface area contributed by atoms with Gasteiger partial charge in [-0.2, -0.15) is 0 Å². The van der Waals surface area contributed by atoms with Gasteiger partial charge in [-0.25, -0.2) is 0 Å². The average Bonchev–Trinajstić information content (AvgIpc) is 3.61. The molecule has 0 spiro atoms. The Morgan fingerprint density at radius 2 is 1.75 bits per heavy atom. The molecule has 1 saturated heterocycles. The van der Waals surface area contributed by atoms with E-state index < -0.39 is 41.3 Å². The van der Waals surface area contributed by atoms with E-state index in [9.17, 15) is 34.4 Å². The van der Waals surface area contributed by atoms with Crippen molar-refractivity contribution in [2.75, 3.05) is 13.1 Å². The van der Waals surface area contributed by atoms with Crippen LogP contribution >= 0.6 is 0 Å². The van der Waals surface area contributed by atoms with Gasteiger partial charge in [0.2, 0.25) is 5.91 Å². The number of aryl methyl sites for hydroxylation is 1. The summed E-state index contributed by atoms with van der Waals surface area (Å²) in [5, 5.41) is 23.5. The summed E-state index contributed by atoms with van der Waals surface area (Å²) in [6, 6.07) is 11.2. The third kappa shape index (κ3) is 6.83. The van der Waals surface area contributed by atoms with Crippen LogP contribution in [0.5, 0.6) is 0 Å². The standard InChI is InChI=1S/C29H34N4O7/c1-19-6-4-10-22(16-19)29(38)32-15-14-31(25(34)13-12-20-7-2-3-8-20)28(32)27(37)30-24(18-26(35)36)21-9-5-11-23(17-21)33(39)40/h4-6,9-11,16-17,20,24,28H,2-3,7-8,12-15,18H2,1H3,(H,30,37)(H,35,36). The maximum atomic E-state index is 13.8. The largest absolute Gasteiger partial charge is 0.481 e. The lowest BCUT2D eigenvalue weighted by atomic mass is 10.0. The molecule has 212 valence electrons. The number of rotatable bonds is 10. The predicted molar refractivity (Wildman–Crippen MR) is 145 cm³/mol. The number of carbonyl (C=O) groups is 4. The van der Waals surface area contributed by atoms with E-state index in [4.69, 9.17) is 0 Å². The van der Waals surface area contributed by atoms with Crippen LogP contribution in [-0.4, -0.2) is 62.8 Å². The second-order valence-electron chi connectivity index (χ2n) is 10.5. The molecule has 2 aromatic rings. The molecule has 3 amide bonds. The summed E-state index contributed by atoms with van der Waals surface area (Å²) in [6.07, 6.45) is 3.60. The lowest BCUT2D eigenvalue weighted by Gasteiger charge is -2.31. The minimum absolute atomic E-state index is 0.139. The summed E-state index contributed by atoms with van der Waals surface area (Å²) in [7, 11) is 0. The van der Waals surface area contributed by atoms with Crippen LogP contribution in [0.25, 0.3) is 0 Å². The Hall–Kier alpha value is -4.28. The number of hydrogen-bond donors (Lipinski definition) is 2. The molecule has 1 saturated carbocycles. The van der Waals surface area contributed by atoms with Gasteiger partial charge < -0.3 is 20.2 Å². The molecule has 11 nitrogen and oxygen atoms in total. The third-order valence-corrected chi connectivity index (χ3v) is 7.67. The third-order valence-electron chi connectivity index (χ3n) is 7.67. The number of amides is 3. The summed E-state index contributed by atoms with van der Waals surface area (Å²) in [6.45, 7) is 2.15. The van der Waals surface area contributed by atoms with Crippen LogP contribution in [0.3, 0.4) is 0 Å². The predicted octanol–water partition coefficient (Wildman–Crippen LogP) is 3.82. The van der Waals surface area contributed by atoms with Crippen molar-refractivity contribution in [1.29, 1.82) is 0 Å². The Labute approximate surface area is 232 Å². The van der Waals surface area contributed by atoms with E-state index in [-0.39, 0.29) is 36.7 Å². The van der Waals surface area contributed by atoms with Crippen molar-refractivity contribution in [3.05, 3.63) is 75.3 Å². The van der Waals surface area contributed by atoms with Gasteiger partial charge in [-0.3, -0.25) is 29.3 Å². The van der Waals surface area contributed by atoms with E-state index in [1.165, 1.54) is 34.1 Å². The number of carbonyl (C=O) groups excluding carboxylic acids is 3. The van der Waals surface area contributed by atoms with E-state index in [0.717, 1.165) is 31.2 Å². The van der Waals surface area contributed by atoms with Gasteiger partial charge in [-0.1, -0.05) is 55.5 Å². The zero-order valence-corrected chi connectivity index (χ0v) is 22.5. The Morgan fingerprint density at radius 1 is 1.05 bits per heavy atom. The van der Waals surface area contributed by atoms with E-state index >= 15 is 0 Å². The summed E-state index contributed by atoms with van der Waals surface area (Å²) >= 11 is 0. The van der Waals surface area contributed by atoms with Crippen molar-refractivity contribution < 1.29 is 29.2 Å². The molecular formula is C29H34N4O7. The highest BCUT2D eigenvalue weighted by atomic mass is 16.6. The van der Waals surface area contributed by atoms with Gasteiger partial charge in [-0.05, 0) is 37.0 Å². The second kappa shape index (κ2) is 12.7. The van der Waals surface area contributed by atoms with Gasteiger partial charge in [0.05, 0.1) is 17.4 Å². The van der Waals surface area contributed by atoms with Crippen LogP contribution in [0.4, 0.5) is 5.69 Å². The molecule has 1 heterocycles. The summed E-state index contributed by atoms with van der Waals surface area (Å²) in [5.74, 6) is -2.12. The van der Waals surface area contributed by atoms with Crippen molar-refractivity contribution in [1.82, 2.24) is 15.1 Å². The summed E-state index contributed by atoms with van der Waals surface area (Å²) in [5.41, 5.74) is 1.23. The maximum Gasteiger partial charge on any atom is 0.305 e. The van der Waals surface area contributed by atoms with E-state index in [0.29, 0.717) is 17.9 Å². The quantitative estimate of drug-likeness (QED) is 0.337. The number of carboxylic acid groups (broad SMARTS) is 1. The van der Waals surface area contributed by atoms with Gasteiger partial charge in [0.1, 0.15) is 0 Å². The Balaban J connectivity index is 1.61. The molecule has 0 radical (unpaired) electrons. The molecule has 2 unspecified atom stereocenters. The normalized spacial score (nSPS) is 18.0. The fraction of sp³-hybridized carbons (Fsp3) is 0.448. The van der Waals surface area contributed by atoms with E-state index in [2.05, 4.69) is 5.32 Å². The van der Waals surface area contributed by atoms with Crippen LogP contribution in [0.1, 0.15) is 72.5 Å². The zero-order valence-electron chi connectivity index (χ0n) is 22.5. The molecule has 2 fully saturated rings. The minimum atomic E-state index is -1.28. The number of aliphatic carboxylic acids is 1. The number of hydrogen-bond acceptors (Lipinski definition) is 6. The minimum Gasteiger partial charge on any atom is -0.481 e. The number of benzene rings is 2. The lowest BCUT2D eigenvalue weighted by Crippen LogP contribution is -2.54. The molecule has 2 aliphatic rings. The smallest absolute Gasteiger partial charge is 0.305 e. The number of carboxylic acids is 1. The number of non-ortho nitro benzene ring substituents is 1. The van der Waals surface area contributed by atoms with Crippen molar-refractivity contribution >= 4 is 29.4 Å². The van der Waals surface area contributed by atoms with E-state index in [1.54, 1.807) is 18.2 Å². The van der Waals surface area contributed by atoms with Crippen molar-refractivity contribution in [3.63, 3.8) is 0 Å². The van der Waals surface area contributed by atoms with Crippen molar-refractivity contribution in [2.45, 2.75) is 64.1 Å².